The molecule has 0 spiro atoms. The second-order valence-corrected chi connectivity index (χ2v) is 11.9. The Hall–Kier alpha value is -2.67. The molecule has 3 aliphatic carbocycles. The highest BCUT2D eigenvalue weighted by atomic mass is 32.1. The number of rotatable bonds is 7. The van der Waals surface area contributed by atoms with E-state index in [-0.39, 0.29) is 11.3 Å². The molecule has 1 aromatic carbocycles. The highest BCUT2D eigenvalue weighted by Crippen LogP contribution is 2.62. The molecule has 6 nitrogen and oxygen atoms in total. The minimum absolute atomic E-state index is 0.00960. The van der Waals surface area contributed by atoms with Crippen molar-refractivity contribution >= 4 is 28.1 Å². The minimum atomic E-state index is -0.00960. The number of nitrogens with one attached hydrogen (secondary N) is 1. The summed E-state index contributed by atoms with van der Waals surface area (Å²) < 4.78 is 0. The first kappa shape index (κ1) is 24.0. The third-order valence-electron chi connectivity index (χ3n) is 8.56. The lowest BCUT2D eigenvalue weighted by Gasteiger charge is -2.50. The second kappa shape index (κ2) is 9.76. The van der Waals surface area contributed by atoms with E-state index >= 15 is 0 Å². The normalized spacial score (nSPS) is 30.3. The second-order valence-electron chi connectivity index (χ2n) is 10.6. The maximum Gasteiger partial charge on any atom is 0.226 e. The van der Waals surface area contributed by atoms with Crippen LogP contribution in [0.4, 0.5) is 5.13 Å². The minimum Gasteiger partial charge on any atom is -0.508 e. The molecule has 0 aliphatic heterocycles. The maximum absolute atomic E-state index is 12.8. The van der Waals surface area contributed by atoms with Crippen molar-refractivity contribution < 1.29 is 14.7 Å². The number of anilines is 1. The van der Waals surface area contributed by atoms with Crippen LogP contribution in [0, 0.1) is 30.1 Å². The number of phenols is 1. The molecule has 2 saturated carbocycles. The molecular weight excluding hydrogens is 458 g/mol. The molecule has 0 saturated heterocycles. The zero-order valence-corrected chi connectivity index (χ0v) is 21.4. The predicted molar refractivity (Wildman–Crippen MR) is 140 cm³/mol. The van der Waals surface area contributed by atoms with Crippen LogP contribution in [0.5, 0.6) is 5.75 Å². The van der Waals surface area contributed by atoms with Crippen LogP contribution in [-0.4, -0.2) is 28.3 Å². The molecular formula is C28H35N3O3S. The number of carbonyl (C=O) groups is 1. The van der Waals surface area contributed by atoms with Crippen LogP contribution in [-0.2, 0) is 16.1 Å². The van der Waals surface area contributed by atoms with E-state index in [9.17, 15) is 9.90 Å². The van der Waals surface area contributed by atoms with E-state index in [0.29, 0.717) is 47.6 Å². The first-order valence-corrected chi connectivity index (χ1v) is 13.5. The van der Waals surface area contributed by atoms with Crippen molar-refractivity contribution in [2.24, 2.45) is 28.3 Å². The van der Waals surface area contributed by atoms with Crippen molar-refractivity contribution in [2.75, 3.05) is 11.9 Å². The Kier molecular flexibility index (Phi) is 6.71. The van der Waals surface area contributed by atoms with Crippen molar-refractivity contribution in [3.8, 4) is 5.75 Å². The number of nitrogens with zero attached hydrogens (tertiary/aromatic N) is 2. The fourth-order valence-corrected chi connectivity index (χ4v) is 7.82. The molecule has 1 heterocycles. The monoisotopic (exact) mass is 493 g/mol. The number of oxime groups is 1. The van der Waals surface area contributed by atoms with E-state index in [1.165, 1.54) is 22.5 Å². The number of phenolic OH excluding ortho intramolecular Hbond substituents is 1. The Labute approximate surface area is 211 Å². The number of hydrogen-bond acceptors (Lipinski definition) is 6. The topological polar surface area (TPSA) is 83.8 Å². The SMILES string of the molecule is C=CCON=C1C[C@@H](CCC(=O)Nc2ncc(C)s2)C2C3CCc4cc(O)ccc4C3CC[C@]12C. The number of benzene rings is 1. The summed E-state index contributed by atoms with van der Waals surface area (Å²) in [5.41, 5.74) is 3.85. The zero-order valence-electron chi connectivity index (χ0n) is 20.6. The standard InChI is InChI=1S/C28H35N3O3S/c1-4-13-34-31-24-15-19(6-10-25(33)30-27-29-16-17(2)35-27)26-23-8-5-18-14-20(32)7-9-21(18)22(23)11-12-28(24,26)3/h4,7,9,14,16,19,22-23,26,32H,1,5-6,8,10-13,15H2,2-3H3,(H,29,30,33)/t19-,22?,23?,26?,28-/m1/s1. The van der Waals surface area contributed by atoms with E-state index in [2.05, 4.69) is 35.0 Å². The molecule has 2 N–H and O–H groups in total. The van der Waals surface area contributed by atoms with Crippen molar-refractivity contribution in [3.63, 3.8) is 0 Å². The molecule has 2 aromatic rings. The van der Waals surface area contributed by atoms with E-state index < -0.39 is 0 Å². The van der Waals surface area contributed by atoms with Crippen LogP contribution >= 0.6 is 11.3 Å². The molecule has 5 rings (SSSR count). The van der Waals surface area contributed by atoms with Crippen LogP contribution in [0.1, 0.15) is 67.4 Å². The number of carbonyl (C=O) groups excluding carboxylic acids is 1. The Morgan fingerprint density at radius 3 is 3.06 bits per heavy atom. The summed E-state index contributed by atoms with van der Waals surface area (Å²) in [7, 11) is 0. The molecule has 35 heavy (non-hydrogen) atoms. The number of amides is 1. The van der Waals surface area contributed by atoms with E-state index in [1.807, 2.05) is 19.1 Å². The molecule has 1 amide bonds. The summed E-state index contributed by atoms with van der Waals surface area (Å²) in [6, 6.07) is 5.92. The predicted octanol–water partition coefficient (Wildman–Crippen LogP) is 6.22. The van der Waals surface area contributed by atoms with Gasteiger partial charge in [-0.2, -0.15) is 0 Å². The van der Waals surface area contributed by atoms with Crippen molar-refractivity contribution in [1.29, 1.82) is 0 Å². The number of aryl methyl sites for hydroxylation is 2. The average Bonchev–Trinajstić information content (AvgIpc) is 3.37. The van der Waals surface area contributed by atoms with Gasteiger partial charge in [-0.15, -0.1) is 11.3 Å². The van der Waals surface area contributed by atoms with Gasteiger partial charge in [0.25, 0.3) is 0 Å². The molecule has 7 heteroatoms. The van der Waals surface area contributed by atoms with E-state index in [4.69, 9.17) is 4.84 Å². The fourth-order valence-electron chi connectivity index (χ4n) is 7.14. The number of aromatic nitrogens is 1. The van der Waals surface area contributed by atoms with Gasteiger partial charge in [-0.25, -0.2) is 4.98 Å². The van der Waals surface area contributed by atoms with Gasteiger partial charge in [0, 0.05) is 22.9 Å². The molecule has 2 fully saturated rings. The summed E-state index contributed by atoms with van der Waals surface area (Å²) in [4.78, 5) is 23.7. The van der Waals surface area contributed by atoms with Gasteiger partial charge in [0.1, 0.15) is 12.4 Å². The lowest BCUT2D eigenvalue weighted by Crippen LogP contribution is -2.44. The Morgan fingerprint density at radius 2 is 2.29 bits per heavy atom. The molecule has 3 aliphatic rings. The van der Waals surface area contributed by atoms with Crippen molar-refractivity contribution in [2.45, 2.75) is 64.7 Å². The largest absolute Gasteiger partial charge is 0.508 e. The van der Waals surface area contributed by atoms with Crippen molar-refractivity contribution in [3.05, 3.63) is 53.1 Å². The van der Waals surface area contributed by atoms with Crippen molar-refractivity contribution in [1.82, 2.24) is 4.98 Å². The van der Waals surface area contributed by atoms with Crippen LogP contribution < -0.4 is 5.32 Å². The molecule has 0 bridgehead atoms. The zero-order chi connectivity index (χ0) is 24.6. The summed E-state index contributed by atoms with van der Waals surface area (Å²) in [5, 5.41) is 18.3. The van der Waals surface area contributed by atoms with Crippen LogP contribution in [0.3, 0.4) is 0 Å². The lowest BCUT2D eigenvalue weighted by atomic mass is 9.54. The van der Waals surface area contributed by atoms with Gasteiger partial charge < -0.3 is 15.3 Å². The van der Waals surface area contributed by atoms with Gasteiger partial charge in [0.15, 0.2) is 5.13 Å². The number of hydrogen-bond donors (Lipinski definition) is 2. The Balaban J connectivity index is 1.38. The van der Waals surface area contributed by atoms with E-state index in [0.717, 1.165) is 49.1 Å². The maximum atomic E-state index is 12.8. The first-order chi connectivity index (χ1) is 16.9. The van der Waals surface area contributed by atoms with E-state index in [1.54, 1.807) is 12.3 Å². The van der Waals surface area contributed by atoms with Gasteiger partial charge in [0.05, 0.1) is 5.71 Å². The third-order valence-corrected chi connectivity index (χ3v) is 9.39. The smallest absolute Gasteiger partial charge is 0.226 e. The van der Waals surface area contributed by atoms with Gasteiger partial charge in [-0.1, -0.05) is 30.8 Å². The average molecular weight is 494 g/mol. The Morgan fingerprint density at radius 1 is 1.43 bits per heavy atom. The third kappa shape index (κ3) is 4.63. The lowest BCUT2D eigenvalue weighted by molar-refractivity contribution is -0.116. The molecule has 5 atom stereocenters. The van der Waals surface area contributed by atoms with Crippen LogP contribution in [0.2, 0.25) is 0 Å². The summed E-state index contributed by atoms with van der Waals surface area (Å²) in [5.74, 6) is 2.29. The number of thiazole rings is 1. The summed E-state index contributed by atoms with van der Waals surface area (Å²) in [6.45, 7) is 8.52. The fraction of sp³-hybridized carbons (Fsp3) is 0.536. The molecule has 186 valence electrons. The highest BCUT2D eigenvalue weighted by molar-refractivity contribution is 7.15. The highest BCUT2D eigenvalue weighted by Gasteiger charge is 2.57. The van der Waals surface area contributed by atoms with Crippen LogP contribution in [0.25, 0.3) is 0 Å². The van der Waals surface area contributed by atoms with Gasteiger partial charge in [-0.05, 0) is 92.4 Å². The number of aromatic hydroxyl groups is 1. The molecule has 0 radical (unpaired) electrons. The first-order valence-electron chi connectivity index (χ1n) is 12.7. The molecule has 3 unspecified atom stereocenters. The summed E-state index contributed by atoms with van der Waals surface area (Å²) >= 11 is 1.51. The van der Waals surface area contributed by atoms with Crippen LogP contribution in [0.15, 0.2) is 42.2 Å². The quantitative estimate of drug-likeness (QED) is 0.273. The van der Waals surface area contributed by atoms with Gasteiger partial charge in [0.2, 0.25) is 5.91 Å². The molecule has 1 aromatic heterocycles. The van der Waals surface area contributed by atoms with Gasteiger partial charge in [-0.3, -0.25) is 4.79 Å². The summed E-state index contributed by atoms with van der Waals surface area (Å²) in [6.07, 6.45) is 10.0. The number of fused-ring (bicyclic) bond motifs is 5. The van der Waals surface area contributed by atoms with Gasteiger partial charge >= 0.3 is 0 Å². The Bertz CT molecular complexity index is 1140.